The van der Waals surface area contributed by atoms with Crippen molar-refractivity contribution in [3.05, 3.63) is 11.9 Å². The maximum Gasteiger partial charge on any atom is 0.137 e. The van der Waals surface area contributed by atoms with Crippen LogP contribution in [0.5, 0.6) is 0 Å². The third-order valence-corrected chi connectivity index (χ3v) is 4.84. The van der Waals surface area contributed by atoms with Gasteiger partial charge in [0.1, 0.15) is 18.0 Å². The van der Waals surface area contributed by atoms with Gasteiger partial charge in [-0.2, -0.15) is 0 Å². The first-order valence-electron chi connectivity index (χ1n) is 7.96. The number of rotatable bonds is 6. The first kappa shape index (κ1) is 15.1. The van der Waals surface area contributed by atoms with Crippen LogP contribution in [0.3, 0.4) is 0 Å². The van der Waals surface area contributed by atoms with E-state index < -0.39 is 0 Å². The average molecular weight is 276 g/mol. The van der Waals surface area contributed by atoms with Gasteiger partial charge in [0.2, 0.25) is 0 Å². The Morgan fingerprint density at radius 1 is 1.25 bits per heavy atom. The standard InChI is InChI=1S/C16H28N4/c1-5-9-17-14-13(4)15(19-12-18-14)20-10-8-16(6-2,7-3)11-20/h12H,5-11H2,1-4H3,(H,17,18,19). The van der Waals surface area contributed by atoms with E-state index in [2.05, 4.69) is 47.9 Å². The van der Waals surface area contributed by atoms with E-state index >= 15 is 0 Å². The molecule has 0 spiro atoms. The molecule has 1 saturated heterocycles. The van der Waals surface area contributed by atoms with Crippen molar-refractivity contribution in [1.29, 1.82) is 0 Å². The molecule has 4 heteroatoms. The van der Waals surface area contributed by atoms with Gasteiger partial charge >= 0.3 is 0 Å². The summed E-state index contributed by atoms with van der Waals surface area (Å²) in [6, 6.07) is 0. The molecule has 1 aliphatic rings. The maximum atomic E-state index is 4.54. The molecule has 0 unspecified atom stereocenters. The van der Waals surface area contributed by atoms with Gasteiger partial charge in [0.25, 0.3) is 0 Å². The molecule has 0 atom stereocenters. The summed E-state index contributed by atoms with van der Waals surface area (Å²) in [5.41, 5.74) is 1.66. The fraction of sp³-hybridized carbons (Fsp3) is 0.750. The summed E-state index contributed by atoms with van der Waals surface area (Å²) < 4.78 is 0. The van der Waals surface area contributed by atoms with Crippen molar-refractivity contribution in [2.75, 3.05) is 29.9 Å². The van der Waals surface area contributed by atoms with Gasteiger partial charge in [-0.1, -0.05) is 20.8 Å². The molecule has 2 heterocycles. The Bertz CT molecular complexity index is 440. The van der Waals surface area contributed by atoms with Crippen LogP contribution in [-0.4, -0.2) is 29.6 Å². The normalized spacial score (nSPS) is 17.5. The van der Waals surface area contributed by atoms with E-state index in [4.69, 9.17) is 0 Å². The third-order valence-electron chi connectivity index (χ3n) is 4.84. The number of aromatic nitrogens is 2. The second-order valence-corrected chi connectivity index (χ2v) is 5.98. The van der Waals surface area contributed by atoms with Crippen LogP contribution in [0.25, 0.3) is 0 Å². The highest BCUT2D eigenvalue weighted by Gasteiger charge is 2.36. The molecular weight excluding hydrogens is 248 g/mol. The van der Waals surface area contributed by atoms with Gasteiger partial charge in [0.15, 0.2) is 0 Å². The highest BCUT2D eigenvalue weighted by molar-refractivity contribution is 5.58. The predicted molar refractivity (Wildman–Crippen MR) is 85.4 cm³/mol. The number of nitrogens with one attached hydrogen (secondary N) is 1. The Labute approximate surface area is 123 Å². The zero-order chi connectivity index (χ0) is 14.6. The van der Waals surface area contributed by atoms with Crippen molar-refractivity contribution in [2.45, 2.75) is 53.4 Å². The second kappa shape index (κ2) is 6.42. The Kier molecular flexibility index (Phi) is 4.84. The van der Waals surface area contributed by atoms with Gasteiger partial charge in [0, 0.05) is 25.2 Å². The summed E-state index contributed by atoms with van der Waals surface area (Å²) in [4.78, 5) is 11.4. The number of nitrogens with zero attached hydrogens (tertiary/aromatic N) is 3. The van der Waals surface area contributed by atoms with E-state index in [0.29, 0.717) is 5.41 Å². The fourth-order valence-corrected chi connectivity index (χ4v) is 3.12. The first-order valence-corrected chi connectivity index (χ1v) is 7.96. The molecule has 4 nitrogen and oxygen atoms in total. The zero-order valence-corrected chi connectivity index (χ0v) is 13.4. The van der Waals surface area contributed by atoms with Crippen molar-refractivity contribution in [3.63, 3.8) is 0 Å². The van der Waals surface area contributed by atoms with Gasteiger partial charge in [-0.15, -0.1) is 0 Å². The van der Waals surface area contributed by atoms with Crippen LogP contribution in [0, 0.1) is 12.3 Å². The summed E-state index contributed by atoms with van der Waals surface area (Å²) in [6.45, 7) is 12.1. The predicted octanol–water partition coefficient (Wildman–Crippen LogP) is 3.62. The van der Waals surface area contributed by atoms with Crippen molar-refractivity contribution in [1.82, 2.24) is 9.97 Å². The molecule has 0 radical (unpaired) electrons. The number of hydrogen-bond donors (Lipinski definition) is 1. The van der Waals surface area contributed by atoms with Crippen LogP contribution in [-0.2, 0) is 0 Å². The lowest BCUT2D eigenvalue weighted by Crippen LogP contribution is -2.27. The highest BCUT2D eigenvalue weighted by Crippen LogP contribution is 2.39. The van der Waals surface area contributed by atoms with Gasteiger partial charge < -0.3 is 10.2 Å². The van der Waals surface area contributed by atoms with Gasteiger partial charge in [-0.3, -0.25) is 0 Å². The fourth-order valence-electron chi connectivity index (χ4n) is 3.12. The number of hydrogen-bond acceptors (Lipinski definition) is 4. The quantitative estimate of drug-likeness (QED) is 0.861. The Hall–Kier alpha value is -1.32. The van der Waals surface area contributed by atoms with Gasteiger partial charge in [-0.05, 0) is 38.0 Å². The molecule has 1 fully saturated rings. The summed E-state index contributed by atoms with van der Waals surface area (Å²) in [7, 11) is 0. The van der Waals surface area contributed by atoms with Crippen LogP contribution in [0.2, 0.25) is 0 Å². The minimum absolute atomic E-state index is 0.481. The lowest BCUT2D eigenvalue weighted by Gasteiger charge is -2.27. The minimum atomic E-state index is 0.481. The maximum absolute atomic E-state index is 4.54. The molecule has 0 bridgehead atoms. The summed E-state index contributed by atoms with van der Waals surface area (Å²) >= 11 is 0. The number of anilines is 2. The van der Waals surface area contributed by atoms with E-state index in [0.717, 1.165) is 37.7 Å². The minimum Gasteiger partial charge on any atom is -0.370 e. The summed E-state index contributed by atoms with van der Waals surface area (Å²) in [5, 5.41) is 3.40. The molecule has 0 aliphatic carbocycles. The molecule has 1 aromatic rings. The van der Waals surface area contributed by atoms with E-state index in [9.17, 15) is 0 Å². The van der Waals surface area contributed by atoms with E-state index in [1.807, 2.05) is 0 Å². The van der Waals surface area contributed by atoms with E-state index in [1.54, 1.807) is 6.33 Å². The Morgan fingerprint density at radius 2 is 2.00 bits per heavy atom. The largest absolute Gasteiger partial charge is 0.370 e. The van der Waals surface area contributed by atoms with E-state index in [-0.39, 0.29) is 0 Å². The van der Waals surface area contributed by atoms with Crippen molar-refractivity contribution < 1.29 is 0 Å². The average Bonchev–Trinajstić information content (AvgIpc) is 2.91. The van der Waals surface area contributed by atoms with Crippen LogP contribution < -0.4 is 10.2 Å². The van der Waals surface area contributed by atoms with E-state index in [1.165, 1.54) is 24.8 Å². The first-order chi connectivity index (χ1) is 9.65. The molecule has 20 heavy (non-hydrogen) atoms. The molecule has 1 aromatic heterocycles. The van der Waals surface area contributed by atoms with Crippen LogP contribution in [0.4, 0.5) is 11.6 Å². The molecule has 0 amide bonds. The van der Waals surface area contributed by atoms with Gasteiger partial charge in [0.05, 0.1) is 0 Å². The Balaban J connectivity index is 2.18. The van der Waals surface area contributed by atoms with Crippen LogP contribution in [0.15, 0.2) is 6.33 Å². The van der Waals surface area contributed by atoms with Crippen molar-refractivity contribution in [2.24, 2.45) is 5.41 Å². The molecule has 0 saturated carbocycles. The third kappa shape index (κ3) is 2.89. The topological polar surface area (TPSA) is 41.1 Å². The SMILES string of the molecule is CCCNc1ncnc(N2CCC(CC)(CC)C2)c1C. The van der Waals surface area contributed by atoms with Crippen LogP contribution >= 0.6 is 0 Å². The molecule has 0 aromatic carbocycles. The summed E-state index contributed by atoms with van der Waals surface area (Å²) in [5.74, 6) is 2.10. The van der Waals surface area contributed by atoms with Crippen LogP contribution in [0.1, 0.15) is 52.0 Å². The highest BCUT2D eigenvalue weighted by atomic mass is 15.2. The smallest absolute Gasteiger partial charge is 0.137 e. The lowest BCUT2D eigenvalue weighted by molar-refractivity contribution is 0.301. The van der Waals surface area contributed by atoms with Crippen molar-refractivity contribution >= 4 is 11.6 Å². The monoisotopic (exact) mass is 276 g/mol. The second-order valence-electron chi connectivity index (χ2n) is 5.98. The molecule has 1 aliphatic heterocycles. The molecule has 2 rings (SSSR count). The lowest BCUT2D eigenvalue weighted by atomic mass is 9.82. The molecule has 1 N–H and O–H groups in total. The zero-order valence-electron chi connectivity index (χ0n) is 13.4. The van der Waals surface area contributed by atoms with Gasteiger partial charge in [-0.25, -0.2) is 9.97 Å². The summed E-state index contributed by atoms with van der Waals surface area (Å²) in [6.07, 6.45) is 6.59. The Morgan fingerprint density at radius 3 is 2.60 bits per heavy atom. The van der Waals surface area contributed by atoms with Crippen molar-refractivity contribution in [3.8, 4) is 0 Å². The molecule has 112 valence electrons. The molecular formula is C16H28N4.